The van der Waals surface area contributed by atoms with E-state index in [4.69, 9.17) is 20.3 Å². The predicted molar refractivity (Wildman–Crippen MR) is 101 cm³/mol. The number of rotatable bonds is 8. The van der Waals surface area contributed by atoms with Gasteiger partial charge in [-0.05, 0) is 15.9 Å². The molecule has 0 aromatic carbocycles. The summed E-state index contributed by atoms with van der Waals surface area (Å²) >= 11 is 3.13. The van der Waals surface area contributed by atoms with Gasteiger partial charge < -0.3 is 40.3 Å². The summed E-state index contributed by atoms with van der Waals surface area (Å²) in [4.78, 5) is 49.3. The predicted octanol–water partition coefficient (Wildman–Crippen LogP) is -4.49. The Labute approximate surface area is 213 Å². The fourth-order valence-corrected chi connectivity index (χ4v) is 6.22. The van der Waals surface area contributed by atoms with Crippen molar-refractivity contribution in [2.45, 2.75) is 24.5 Å². The maximum absolute atomic E-state index is 11.8. The van der Waals surface area contributed by atoms with E-state index in [1.807, 2.05) is 0 Å². The molecule has 7 N–H and O–H groups in total. The minimum atomic E-state index is -5.80. The number of aliphatic hydroxyl groups excluding tert-OH is 2. The van der Waals surface area contributed by atoms with E-state index in [2.05, 4.69) is 44.0 Å². The average molecular weight is 608 g/mol. The zero-order valence-corrected chi connectivity index (χ0v) is 22.5. The number of anilines is 1. The maximum Gasteiger partial charge on any atom is 1.00 e. The van der Waals surface area contributed by atoms with Crippen LogP contribution in [-0.4, -0.2) is 69.3 Å². The summed E-state index contributed by atoms with van der Waals surface area (Å²) in [6, 6.07) is 0. The number of hydrogen-bond acceptors (Lipinski definition) is 14. The number of imidazole rings is 1. The van der Waals surface area contributed by atoms with Gasteiger partial charge in [0.1, 0.15) is 24.6 Å². The molecule has 2 aromatic rings. The van der Waals surface area contributed by atoms with Crippen LogP contribution < -0.4 is 40.2 Å². The van der Waals surface area contributed by atoms with Gasteiger partial charge >= 0.3 is 45.2 Å². The van der Waals surface area contributed by atoms with E-state index in [0.29, 0.717) is 0 Å². The maximum atomic E-state index is 11.8. The Kier molecular flexibility index (Phi) is 9.45. The number of aliphatic hydroxyl groups is 2. The SMILES string of the molecule is Nc1ncnc2c1nc(Br)n2[C@@H]1O[C@H](COP(=O)(O)OP(=O)(O)OP(=O)([O-])O)[C@@H](O)[C@H]1O.[Na+]. The second-order valence-electron chi connectivity index (χ2n) is 6.09. The molecule has 0 aliphatic carbocycles. The number of phosphoric ester groups is 1. The normalized spacial score (nSPS) is 28.6. The molecule has 7 atom stereocenters. The number of nitrogen functional groups attached to an aromatic ring is 1. The third-order valence-electron chi connectivity index (χ3n) is 3.87. The standard InChI is InChI=1S/C10H15BrN5O13P3.Na/c11-10-15-4-7(12)13-2-14-8(4)16(10)9-6(18)5(17)3(27-9)1-26-31(22,23)29-32(24,25)28-30(19,20)21;/h2-3,5-6,9,17-18H,1H2,(H,22,23)(H,24,25)(H2,12,13,14)(H2,19,20,21);/q;+1/p-1/t3-,5-,6-,9-;/m1./s1. The van der Waals surface area contributed by atoms with Gasteiger partial charge in [0.15, 0.2) is 27.9 Å². The number of aromatic nitrogens is 4. The molecule has 3 unspecified atom stereocenters. The molecule has 1 saturated heterocycles. The van der Waals surface area contributed by atoms with Crippen molar-refractivity contribution in [1.29, 1.82) is 0 Å². The van der Waals surface area contributed by atoms with Gasteiger partial charge in [-0.25, -0.2) is 28.4 Å². The first-order chi connectivity index (χ1) is 14.6. The van der Waals surface area contributed by atoms with Gasteiger partial charge in [-0.2, -0.15) is 4.31 Å². The van der Waals surface area contributed by atoms with E-state index in [0.717, 1.165) is 6.33 Å². The Balaban J connectivity index is 0.00000385. The van der Waals surface area contributed by atoms with Crippen LogP contribution in [0.5, 0.6) is 0 Å². The fourth-order valence-electron chi connectivity index (χ4n) is 2.67. The summed E-state index contributed by atoms with van der Waals surface area (Å²) < 4.78 is 51.8. The monoisotopic (exact) mass is 607 g/mol. The number of nitrogens with two attached hydrogens (primary N) is 1. The first kappa shape index (κ1) is 29.4. The molecule has 3 heterocycles. The molecule has 0 bridgehead atoms. The van der Waals surface area contributed by atoms with Crippen molar-refractivity contribution in [2.75, 3.05) is 12.3 Å². The molecule has 180 valence electrons. The Hall–Kier alpha value is 0.120. The summed E-state index contributed by atoms with van der Waals surface area (Å²) in [5, 5.41) is 20.6. The number of phosphoric acid groups is 3. The Bertz CT molecular complexity index is 1160. The van der Waals surface area contributed by atoms with E-state index in [1.54, 1.807) is 0 Å². The molecule has 1 aliphatic rings. The van der Waals surface area contributed by atoms with E-state index < -0.39 is 54.6 Å². The van der Waals surface area contributed by atoms with Crippen LogP contribution in [0.3, 0.4) is 0 Å². The van der Waals surface area contributed by atoms with Crippen LogP contribution in [0.4, 0.5) is 5.82 Å². The molecule has 1 fully saturated rings. The van der Waals surface area contributed by atoms with Crippen LogP contribution in [0.1, 0.15) is 6.23 Å². The smallest absolute Gasteiger partial charge is 0.756 e. The summed E-state index contributed by atoms with van der Waals surface area (Å²) in [5.74, 6) is 0.0156. The molecule has 23 heteroatoms. The van der Waals surface area contributed by atoms with Crippen molar-refractivity contribution in [3.63, 3.8) is 0 Å². The van der Waals surface area contributed by atoms with Gasteiger partial charge in [-0.1, -0.05) is 0 Å². The minimum Gasteiger partial charge on any atom is -0.756 e. The Morgan fingerprint density at radius 2 is 1.79 bits per heavy atom. The number of halogens is 1. The van der Waals surface area contributed by atoms with Crippen molar-refractivity contribution in [2.24, 2.45) is 0 Å². The summed E-state index contributed by atoms with van der Waals surface area (Å²) in [6.07, 6.45) is -5.08. The van der Waals surface area contributed by atoms with E-state index in [1.165, 1.54) is 4.57 Å². The van der Waals surface area contributed by atoms with E-state index in [9.17, 15) is 33.7 Å². The first-order valence-corrected chi connectivity index (χ1v) is 13.3. The number of hydrogen-bond donors (Lipinski definition) is 6. The molecular formula is C10H14BrN5NaO13P3. The zero-order valence-electron chi connectivity index (χ0n) is 16.2. The van der Waals surface area contributed by atoms with Gasteiger partial charge in [0.2, 0.25) is 0 Å². The average Bonchev–Trinajstić information content (AvgIpc) is 3.08. The summed E-state index contributed by atoms with van der Waals surface area (Å²) in [7, 11) is -17.1. The Morgan fingerprint density at radius 3 is 2.39 bits per heavy atom. The minimum absolute atomic E-state index is 0. The van der Waals surface area contributed by atoms with E-state index in [-0.39, 0.29) is 51.3 Å². The molecule has 3 rings (SSSR count). The van der Waals surface area contributed by atoms with Gasteiger partial charge in [0.25, 0.3) is 7.82 Å². The van der Waals surface area contributed by atoms with Crippen molar-refractivity contribution in [3.8, 4) is 0 Å². The summed E-state index contributed by atoms with van der Waals surface area (Å²) in [5.41, 5.74) is 5.97. The Morgan fingerprint density at radius 1 is 1.15 bits per heavy atom. The molecule has 33 heavy (non-hydrogen) atoms. The van der Waals surface area contributed by atoms with Crippen LogP contribution in [0.25, 0.3) is 11.2 Å². The zero-order chi connectivity index (χ0) is 24.1. The summed E-state index contributed by atoms with van der Waals surface area (Å²) in [6.45, 7) is -0.988. The third kappa shape index (κ3) is 7.09. The van der Waals surface area contributed by atoms with Crippen LogP contribution >= 0.6 is 39.4 Å². The van der Waals surface area contributed by atoms with Crippen LogP contribution in [0.2, 0.25) is 0 Å². The second kappa shape index (κ2) is 10.6. The second-order valence-corrected chi connectivity index (χ2v) is 11.2. The van der Waals surface area contributed by atoms with Crippen molar-refractivity contribution >= 4 is 56.4 Å². The van der Waals surface area contributed by atoms with Crippen LogP contribution in [0.15, 0.2) is 11.1 Å². The topological polar surface area (TPSA) is 282 Å². The van der Waals surface area contributed by atoms with E-state index >= 15 is 0 Å². The van der Waals surface area contributed by atoms with Crippen molar-refractivity contribution in [1.82, 2.24) is 19.5 Å². The fraction of sp³-hybridized carbons (Fsp3) is 0.500. The molecule has 1 aliphatic heterocycles. The van der Waals surface area contributed by atoms with Crippen molar-refractivity contribution in [3.05, 3.63) is 11.1 Å². The third-order valence-corrected chi connectivity index (χ3v) is 8.21. The van der Waals surface area contributed by atoms with Crippen molar-refractivity contribution < 1.29 is 90.9 Å². The molecule has 0 radical (unpaired) electrons. The van der Waals surface area contributed by atoms with Gasteiger partial charge in [0.05, 0.1) is 6.61 Å². The molecule has 0 saturated carbocycles. The molecule has 2 aromatic heterocycles. The first-order valence-electron chi connectivity index (χ1n) is 8.02. The number of fused-ring (bicyclic) bond motifs is 1. The largest absolute Gasteiger partial charge is 1.00 e. The molecule has 0 spiro atoms. The molecular weight excluding hydrogens is 594 g/mol. The van der Waals surface area contributed by atoms with Gasteiger partial charge in [-0.3, -0.25) is 13.7 Å². The number of nitrogens with zero attached hydrogens (tertiary/aromatic N) is 4. The van der Waals surface area contributed by atoms with Gasteiger partial charge in [0, 0.05) is 0 Å². The van der Waals surface area contributed by atoms with Crippen LogP contribution in [0, 0.1) is 0 Å². The van der Waals surface area contributed by atoms with Crippen LogP contribution in [-0.2, 0) is 31.6 Å². The quantitative estimate of drug-likeness (QED) is 0.0936. The van der Waals surface area contributed by atoms with Gasteiger partial charge in [-0.15, -0.1) is 0 Å². The molecule has 18 nitrogen and oxygen atoms in total. The number of ether oxygens (including phenoxy) is 1. The molecule has 0 amide bonds.